The molecule has 9 heteroatoms. The normalized spacial score (nSPS) is 17.6. The highest BCUT2D eigenvalue weighted by Gasteiger charge is 2.42. The van der Waals surface area contributed by atoms with Crippen LogP contribution in [-0.4, -0.2) is 41.2 Å². The van der Waals surface area contributed by atoms with Gasteiger partial charge in [-0.05, 0) is 48.8 Å². The second-order valence-corrected chi connectivity index (χ2v) is 16.0. The van der Waals surface area contributed by atoms with Crippen LogP contribution in [0.1, 0.15) is 44.5 Å². The number of aryl methyl sites for hydroxylation is 2. The number of anilines is 3. The summed E-state index contributed by atoms with van der Waals surface area (Å²) in [7, 11) is -0.0220. The summed E-state index contributed by atoms with van der Waals surface area (Å²) >= 11 is 0. The Hall–Kier alpha value is -3.22. The number of benzene rings is 1. The van der Waals surface area contributed by atoms with E-state index >= 15 is 0 Å². The van der Waals surface area contributed by atoms with Crippen LogP contribution < -0.4 is 10.6 Å². The van der Waals surface area contributed by atoms with Gasteiger partial charge in [0.2, 0.25) is 5.95 Å². The van der Waals surface area contributed by atoms with Gasteiger partial charge in [-0.3, -0.25) is 4.68 Å². The molecule has 1 aliphatic heterocycles. The van der Waals surface area contributed by atoms with Crippen LogP contribution in [0.15, 0.2) is 30.5 Å². The van der Waals surface area contributed by atoms with Gasteiger partial charge >= 0.3 is 0 Å². The molecule has 0 radical (unpaired) electrons. The van der Waals surface area contributed by atoms with E-state index in [9.17, 15) is 5.26 Å². The molecule has 1 aliphatic rings. The SMILES string of the molecule is Cc1cc(Nc2nccc(-c3cc(C#N)c4c(c3)C(C)(CO[Si](C)(C)C(C)(C)C)CN4)n2)nn1C. The number of aromatic nitrogens is 4. The molecule has 4 rings (SSSR count). The Bertz CT molecular complexity index is 1280. The molecule has 0 amide bonds. The summed E-state index contributed by atoms with van der Waals surface area (Å²) in [5, 5.41) is 21.1. The topological polar surface area (TPSA) is 101 Å². The van der Waals surface area contributed by atoms with Gasteiger partial charge in [0, 0.05) is 49.1 Å². The van der Waals surface area contributed by atoms with Gasteiger partial charge in [-0.2, -0.15) is 10.4 Å². The van der Waals surface area contributed by atoms with Gasteiger partial charge in [0.15, 0.2) is 14.1 Å². The predicted octanol–water partition coefficient (Wildman–Crippen LogP) is 5.51. The molecule has 8 nitrogen and oxygen atoms in total. The van der Waals surface area contributed by atoms with E-state index in [1.165, 1.54) is 0 Å². The van der Waals surface area contributed by atoms with Crippen LogP contribution in [0.3, 0.4) is 0 Å². The first-order valence-electron chi connectivity index (χ1n) is 11.9. The van der Waals surface area contributed by atoms with E-state index in [1.807, 2.05) is 32.2 Å². The van der Waals surface area contributed by atoms with Crippen molar-refractivity contribution in [1.29, 1.82) is 5.26 Å². The van der Waals surface area contributed by atoms with Gasteiger partial charge in [-0.1, -0.05) is 27.7 Å². The fourth-order valence-electron chi connectivity index (χ4n) is 3.92. The summed E-state index contributed by atoms with van der Waals surface area (Å²) in [5.41, 5.74) is 5.02. The number of nitriles is 1. The van der Waals surface area contributed by atoms with Crippen molar-refractivity contribution in [2.24, 2.45) is 7.05 Å². The molecule has 0 bridgehead atoms. The Kier molecular flexibility index (Phi) is 6.24. The van der Waals surface area contributed by atoms with Crippen LogP contribution in [0.4, 0.5) is 17.5 Å². The van der Waals surface area contributed by atoms with E-state index in [0.29, 0.717) is 23.9 Å². The fraction of sp³-hybridized carbons (Fsp3) is 0.462. The molecule has 2 aromatic heterocycles. The summed E-state index contributed by atoms with van der Waals surface area (Å²) in [6.07, 6.45) is 1.72. The molecule has 0 fully saturated rings. The quantitative estimate of drug-likeness (QED) is 0.441. The van der Waals surface area contributed by atoms with Crippen molar-refractivity contribution in [3.63, 3.8) is 0 Å². The monoisotopic (exact) mass is 489 g/mol. The number of hydrogen-bond acceptors (Lipinski definition) is 7. The highest BCUT2D eigenvalue weighted by atomic mass is 28.4. The molecular formula is C26H35N7OSi. The third kappa shape index (κ3) is 4.81. The van der Waals surface area contributed by atoms with E-state index in [-0.39, 0.29) is 10.5 Å². The zero-order valence-corrected chi connectivity index (χ0v) is 22.9. The maximum Gasteiger partial charge on any atom is 0.228 e. The minimum absolute atomic E-state index is 0.133. The molecule has 0 aliphatic carbocycles. The average molecular weight is 490 g/mol. The number of nitrogens with one attached hydrogen (secondary N) is 2. The van der Waals surface area contributed by atoms with Crippen LogP contribution in [0.25, 0.3) is 11.3 Å². The van der Waals surface area contributed by atoms with Crippen molar-refractivity contribution in [1.82, 2.24) is 19.7 Å². The van der Waals surface area contributed by atoms with Gasteiger partial charge in [0.1, 0.15) is 6.07 Å². The van der Waals surface area contributed by atoms with Crippen molar-refractivity contribution >= 4 is 25.8 Å². The third-order valence-electron chi connectivity index (χ3n) is 7.43. The average Bonchev–Trinajstić information content (AvgIpc) is 3.30. The molecule has 0 saturated carbocycles. The van der Waals surface area contributed by atoms with E-state index in [4.69, 9.17) is 9.41 Å². The van der Waals surface area contributed by atoms with Crippen molar-refractivity contribution in [2.75, 3.05) is 23.8 Å². The van der Waals surface area contributed by atoms with Crippen molar-refractivity contribution in [3.05, 3.63) is 47.3 Å². The fourth-order valence-corrected chi connectivity index (χ4v) is 5.04. The molecule has 0 saturated heterocycles. The minimum Gasteiger partial charge on any atom is -0.416 e. The van der Waals surface area contributed by atoms with Crippen molar-refractivity contribution in [2.45, 2.75) is 58.2 Å². The summed E-state index contributed by atoms with van der Waals surface area (Å²) in [6.45, 7) is 16.8. The van der Waals surface area contributed by atoms with Gasteiger partial charge in [0.05, 0.1) is 16.9 Å². The maximum atomic E-state index is 9.92. The molecule has 184 valence electrons. The number of hydrogen-bond donors (Lipinski definition) is 2. The molecule has 2 N–H and O–H groups in total. The standard InChI is InChI=1S/C26H35N7OSi/c1-17-11-22(32-33(17)6)31-24-28-10-9-21(30-24)18-12-19(14-27)23-20(13-18)26(5,15-29-23)16-34-35(7,8)25(2,3)4/h9-13,29H,15-16H2,1-8H3,(H,28,30,31,32). The van der Waals surface area contributed by atoms with E-state index < -0.39 is 8.32 Å². The van der Waals surface area contributed by atoms with E-state index in [2.05, 4.69) is 73.6 Å². The first-order valence-corrected chi connectivity index (χ1v) is 14.8. The largest absolute Gasteiger partial charge is 0.416 e. The van der Waals surface area contributed by atoms with Gasteiger partial charge in [-0.15, -0.1) is 0 Å². The van der Waals surface area contributed by atoms with E-state index in [0.717, 1.165) is 34.7 Å². The smallest absolute Gasteiger partial charge is 0.228 e. The van der Waals surface area contributed by atoms with Crippen molar-refractivity contribution < 1.29 is 4.43 Å². The number of fused-ring (bicyclic) bond motifs is 1. The lowest BCUT2D eigenvalue weighted by atomic mass is 9.83. The van der Waals surface area contributed by atoms with Gasteiger partial charge < -0.3 is 15.1 Å². The maximum absolute atomic E-state index is 9.92. The Morgan fingerprint density at radius 1 is 1.29 bits per heavy atom. The molecule has 35 heavy (non-hydrogen) atoms. The van der Waals surface area contributed by atoms with Crippen molar-refractivity contribution in [3.8, 4) is 17.3 Å². The molecular weight excluding hydrogens is 454 g/mol. The molecule has 1 atom stereocenters. The Morgan fingerprint density at radius 3 is 2.66 bits per heavy atom. The summed E-state index contributed by atoms with van der Waals surface area (Å²) in [4.78, 5) is 9.08. The zero-order valence-electron chi connectivity index (χ0n) is 21.9. The van der Waals surface area contributed by atoms with Crippen LogP contribution >= 0.6 is 0 Å². The molecule has 0 spiro atoms. The summed E-state index contributed by atoms with van der Waals surface area (Å²) in [5.74, 6) is 1.15. The van der Waals surface area contributed by atoms with Crippen LogP contribution in [0, 0.1) is 18.3 Å². The van der Waals surface area contributed by atoms with Gasteiger partial charge in [-0.25, -0.2) is 9.97 Å². The molecule has 1 unspecified atom stereocenters. The Balaban J connectivity index is 1.67. The Morgan fingerprint density at radius 2 is 2.03 bits per heavy atom. The summed E-state index contributed by atoms with van der Waals surface area (Å²) in [6, 6.07) is 10.2. The lowest BCUT2D eigenvalue weighted by molar-refractivity contribution is 0.220. The second kappa shape index (κ2) is 8.77. The van der Waals surface area contributed by atoms with E-state index in [1.54, 1.807) is 10.9 Å². The lowest BCUT2D eigenvalue weighted by Crippen LogP contribution is -2.45. The van der Waals surface area contributed by atoms with Crippen LogP contribution in [-0.2, 0) is 16.9 Å². The second-order valence-electron chi connectivity index (χ2n) is 11.2. The third-order valence-corrected chi connectivity index (χ3v) is 11.9. The zero-order chi connectivity index (χ0) is 25.6. The summed E-state index contributed by atoms with van der Waals surface area (Å²) < 4.78 is 8.42. The number of nitrogens with zero attached hydrogens (tertiary/aromatic N) is 5. The van der Waals surface area contributed by atoms with Gasteiger partial charge in [0.25, 0.3) is 0 Å². The van der Waals surface area contributed by atoms with Crippen LogP contribution in [0.5, 0.6) is 0 Å². The highest BCUT2D eigenvalue weighted by molar-refractivity contribution is 6.74. The molecule has 3 aromatic rings. The molecule has 3 heterocycles. The molecule has 1 aromatic carbocycles. The first-order chi connectivity index (χ1) is 16.3. The predicted molar refractivity (Wildman–Crippen MR) is 142 cm³/mol. The minimum atomic E-state index is -1.92. The highest BCUT2D eigenvalue weighted by Crippen LogP contribution is 2.44. The lowest BCUT2D eigenvalue weighted by Gasteiger charge is -2.39. The number of rotatable bonds is 6. The first kappa shape index (κ1) is 24.9. The van der Waals surface area contributed by atoms with Crippen LogP contribution in [0.2, 0.25) is 18.1 Å². The Labute approximate surface area is 208 Å².